The van der Waals surface area contributed by atoms with E-state index in [0.717, 1.165) is 37.0 Å². The second kappa shape index (κ2) is 8.38. The van der Waals surface area contributed by atoms with Crippen molar-refractivity contribution < 1.29 is 17.9 Å². The Bertz CT molecular complexity index is 956. The van der Waals surface area contributed by atoms with Crippen molar-refractivity contribution in [3.63, 3.8) is 0 Å². The van der Waals surface area contributed by atoms with E-state index in [2.05, 4.69) is 14.9 Å². The summed E-state index contributed by atoms with van der Waals surface area (Å²) in [5, 5.41) is 0.842. The lowest BCUT2D eigenvalue weighted by Crippen LogP contribution is -2.38. The Balaban J connectivity index is 1.64. The molecule has 2 N–H and O–H groups in total. The molecule has 0 atom stereocenters. The number of carbonyl (C=O) groups excluding carboxylic acids is 1. The fraction of sp³-hybridized carbons (Fsp3) is 0.500. The number of anilines is 1. The fourth-order valence-electron chi connectivity index (χ4n) is 3.16. The van der Waals surface area contributed by atoms with E-state index in [9.17, 15) is 13.2 Å². The van der Waals surface area contributed by atoms with E-state index in [1.807, 2.05) is 0 Å². The molecule has 28 heavy (non-hydrogen) atoms. The van der Waals surface area contributed by atoms with Crippen molar-refractivity contribution in [3.05, 3.63) is 30.2 Å². The minimum absolute atomic E-state index is 0.0192. The predicted molar refractivity (Wildman–Crippen MR) is 107 cm³/mol. The normalized spacial score (nSPS) is 16.0. The van der Waals surface area contributed by atoms with Gasteiger partial charge in [-0.2, -0.15) is 0 Å². The van der Waals surface area contributed by atoms with Gasteiger partial charge in [0.05, 0.1) is 35.9 Å². The van der Waals surface area contributed by atoms with E-state index in [4.69, 9.17) is 10.5 Å². The average molecular weight is 407 g/mol. The Labute approximate surface area is 164 Å². The molecule has 1 aliphatic heterocycles. The first-order valence-corrected chi connectivity index (χ1v) is 10.7. The lowest BCUT2D eigenvalue weighted by atomic mass is 10.1. The summed E-state index contributed by atoms with van der Waals surface area (Å²) in [7, 11) is -0.209. The number of pyridine rings is 2. The number of hydrogen-bond acceptors (Lipinski definition) is 7. The minimum atomic E-state index is -3.24. The van der Waals surface area contributed by atoms with Crippen LogP contribution >= 0.6 is 0 Å². The molecule has 1 aliphatic rings. The summed E-state index contributed by atoms with van der Waals surface area (Å²) in [6.45, 7) is 1.65. The van der Waals surface area contributed by atoms with Crippen LogP contribution in [0.3, 0.4) is 0 Å². The zero-order valence-electron chi connectivity index (χ0n) is 16.0. The molecule has 3 rings (SSSR count). The molecule has 0 spiro atoms. The summed E-state index contributed by atoms with van der Waals surface area (Å²) in [6.07, 6.45) is 5.01. The molecule has 0 saturated carbocycles. The smallest absolute Gasteiger partial charge is 0.267 e. The second-order valence-corrected chi connectivity index (χ2v) is 9.25. The topological polar surface area (TPSA) is 119 Å². The van der Waals surface area contributed by atoms with Crippen LogP contribution in [0.4, 0.5) is 5.69 Å². The number of hydrogen-bond donors (Lipinski definition) is 1. The Hall–Kier alpha value is -2.30. The van der Waals surface area contributed by atoms with Gasteiger partial charge in [0.25, 0.3) is 5.91 Å². The van der Waals surface area contributed by atoms with Gasteiger partial charge in [0.2, 0.25) is 10.0 Å². The molecule has 9 nitrogen and oxygen atoms in total. The molecular weight excluding hydrogens is 382 g/mol. The van der Waals surface area contributed by atoms with Crippen LogP contribution in [0.15, 0.2) is 24.5 Å². The maximum atomic E-state index is 11.8. The number of nitrogens with two attached hydrogens (primary N) is 1. The van der Waals surface area contributed by atoms with E-state index in [1.165, 1.54) is 18.4 Å². The molecule has 0 aliphatic carbocycles. The van der Waals surface area contributed by atoms with Crippen LogP contribution in [0.5, 0.6) is 0 Å². The number of ether oxygens (including phenoxy) is 1. The SMILES string of the molecule is CN(C)S(=O)(=O)CCOC1CCN(c2cncc3ccc(C(N)=O)nc23)CC1. The number of sulfonamides is 1. The minimum Gasteiger partial charge on any atom is -0.377 e. The number of rotatable bonds is 7. The summed E-state index contributed by atoms with van der Waals surface area (Å²) < 4.78 is 30.6. The fourth-order valence-corrected chi connectivity index (χ4v) is 3.84. The van der Waals surface area contributed by atoms with E-state index in [-0.39, 0.29) is 24.2 Å². The number of aromatic nitrogens is 2. The van der Waals surface area contributed by atoms with Crippen molar-refractivity contribution in [3.8, 4) is 0 Å². The van der Waals surface area contributed by atoms with Gasteiger partial charge in [-0.1, -0.05) is 0 Å². The van der Waals surface area contributed by atoms with Gasteiger partial charge < -0.3 is 15.4 Å². The first-order valence-electron chi connectivity index (χ1n) is 9.09. The maximum Gasteiger partial charge on any atom is 0.267 e. The number of amides is 1. The van der Waals surface area contributed by atoms with Crippen LogP contribution in [-0.2, 0) is 14.8 Å². The van der Waals surface area contributed by atoms with Gasteiger partial charge in [0, 0.05) is 38.8 Å². The highest BCUT2D eigenvalue weighted by Crippen LogP contribution is 2.27. The quantitative estimate of drug-likeness (QED) is 0.714. The first-order chi connectivity index (χ1) is 13.3. The van der Waals surface area contributed by atoms with Gasteiger partial charge in [-0.25, -0.2) is 17.7 Å². The lowest BCUT2D eigenvalue weighted by molar-refractivity contribution is 0.0468. The van der Waals surface area contributed by atoms with Crippen molar-refractivity contribution in [2.45, 2.75) is 18.9 Å². The molecule has 0 aromatic carbocycles. The molecule has 2 aromatic heterocycles. The molecular formula is C18H25N5O4S. The highest BCUT2D eigenvalue weighted by atomic mass is 32.2. The number of carbonyl (C=O) groups is 1. The number of piperidine rings is 1. The molecule has 1 saturated heterocycles. The molecule has 2 aromatic rings. The molecule has 3 heterocycles. The summed E-state index contributed by atoms with van der Waals surface area (Å²) >= 11 is 0. The predicted octanol–water partition coefficient (Wildman–Crippen LogP) is 0.606. The summed E-state index contributed by atoms with van der Waals surface area (Å²) in [5.41, 5.74) is 7.13. The Morgan fingerprint density at radius 2 is 2.00 bits per heavy atom. The Morgan fingerprint density at radius 3 is 2.64 bits per heavy atom. The molecule has 0 radical (unpaired) electrons. The maximum absolute atomic E-state index is 11.8. The zero-order valence-corrected chi connectivity index (χ0v) is 16.9. The summed E-state index contributed by atoms with van der Waals surface area (Å²) in [6, 6.07) is 3.39. The van der Waals surface area contributed by atoms with E-state index < -0.39 is 15.9 Å². The molecule has 152 valence electrons. The van der Waals surface area contributed by atoms with E-state index in [0.29, 0.717) is 5.52 Å². The molecule has 10 heteroatoms. The third kappa shape index (κ3) is 4.57. The largest absolute Gasteiger partial charge is 0.377 e. The van der Waals surface area contributed by atoms with Crippen molar-refractivity contribution in [2.24, 2.45) is 5.73 Å². The molecule has 0 unspecified atom stereocenters. The van der Waals surface area contributed by atoms with Crippen molar-refractivity contribution in [1.82, 2.24) is 14.3 Å². The highest BCUT2D eigenvalue weighted by molar-refractivity contribution is 7.89. The van der Waals surface area contributed by atoms with Gasteiger partial charge in [0.1, 0.15) is 5.69 Å². The zero-order chi connectivity index (χ0) is 20.3. The van der Waals surface area contributed by atoms with Crippen LogP contribution in [0.25, 0.3) is 10.9 Å². The van der Waals surface area contributed by atoms with Gasteiger partial charge in [-0.3, -0.25) is 9.78 Å². The Morgan fingerprint density at radius 1 is 1.29 bits per heavy atom. The Kier molecular flexibility index (Phi) is 6.11. The molecule has 0 bridgehead atoms. The van der Waals surface area contributed by atoms with Crippen LogP contribution in [0.1, 0.15) is 23.3 Å². The van der Waals surface area contributed by atoms with Crippen molar-refractivity contribution in [1.29, 1.82) is 0 Å². The van der Waals surface area contributed by atoms with E-state index in [1.54, 1.807) is 24.5 Å². The summed E-state index contributed by atoms with van der Waals surface area (Å²) in [4.78, 5) is 22.3. The van der Waals surface area contributed by atoms with Crippen LogP contribution < -0.4 is 10.6 Å². The third-order valence-electron chi connectivity index (χ3n) is 4.87. The highest BCUT2D eigenvalue weighted by Gasteiger charge is 2.23. The number of fused-ring (bicyclic) bond motifs is 1. The first kappa shape index (κ1) is 20.4. The average Bonchev–Trinajstić information content (AvgIpc) is 2.67. The molecule has 1 fully saturated rings. The van der Waals surface area contributed by atoms with Gasteiger partial charge in [-0.05, 0) is 25.0 Å². The summed E-state index contributed by atoms with van der Waals surface area (Å²) in [5.74, 6) is -0.586. The van der Waals surface area contributed by atoms with Crippen molar-refractivity contribution in [2.75, 3.05) is 44.4 Å². The van der Waals surface area contributed by atoms with Gasteiger partial charge >= 0.3 is 0 Å². The standard InChI is InChI=1S/C18H25N5O4S/c1-22(2)28(25,26)10-9-27-14-5-7-23(8-6-14)16-12-20-11-13-3-4-15(18(19)24)21-17(13)16/h3-4,11-12,14H,5-10H2,1-2H3,(H2,19,24). The molecule has 1 amide bonds. The van der Waals surface area contributed by atoms with Gasteiger partial charge in [-0.15, -0.1) is 0 Å². The van der Waals surface area contributed by atoms with Crippen LogP contribution in [0.2, 0.25) is 0 Å². The number of nitrogens with zero attached hydrogens (tertiary/aromatic N) is 4. The van der Waals surface area contributed by atoms with Crippen LogP contribution in [-0.4, -0.2) is 74.2 Å². The number of primary amides is 1. The third-order valence-corrected chi connectivity index (χ3v) is 6.66. The monoisotopic (exact) mass is 407 g/mol. The van der Waals surface area contributed by atoms with Gasteiger partial charge in [0.15, 0.2) is 0 Å². The lowest BCUT2D eigenvalue weighted by Gasteiger charge is -2.33. The van der Waals surface area contributed by atoms with Crippen molar-refractivity contribution >= 4 is 32.5 Å². The second-order valence-electron chi connectivity index (χ2n) is 6.95. The van der Waals surface area contributed by atoms with Crippen LogP contribution in [0, 0.1) is 0 Å². The van der Waals surface area contributed by atoms with E-state index >= 15 is 0 Å².